The molecule has 2 aliphatic heterocycles. The summed E-state index contributed by atoms with van der Waals surface area (Å²) in [4.78, 5) is 6.79. The number of ether oxygens (including phenoxy) is 1. The van der Waals surface area contributed by atoms with Gasteiger partial charge in [0.15, 0.2) is 0 Å². The minimum absolute atomic E-state index is 0.146. The van der Waals surface area contributed by atoms with E-state index in [1.54, 1.807) is 7.11 Å². The number of rotatable bonds is 4. The fourth-order valence-electron chi connectivity index (χ4n) is 3.66. The molecule has 6 heteroatoms. The summed E-state index contributed by atoms with van der Waals surface area (Å²) < 4.78 is 5.52. The molecule has 0 spiro atoms. The van der Waals surface area contributed by atoms with E-state index in [1.165, 1.54) is 5.70 Å². The number of hydrazine groups is 1. The topological polar surface area (TPSA) is 66.6 Å². The first-order valence-corrected chi connectivity index (χ1v) is 8.95. The Balaban J connectivity index is 1.49. The molecular formula is C20H25N5O. The van der Waals surface area contributed by atoms with Crippen molar-refractivity contribution in [3.8, 4) is 5.75 Å². The van der Waals surface area contributed by atoms with E-state index in [9.17, 15) is 0 Å². The lowest BCUT2D eigenvalue weighted by Gasteiger charge is -2.35. The van der Waals surface area contributed by atoms with Crippen molar-refractivity contribution in [3.05, 3.63) is 65.0 Å². The fourth-order valence-corrected chi connectivity index (χ4v) is 3.66. The summed E-state index contributed by atoms with van der Waals surface area (Å²) in [7, 11) is 1.72. The molecule has 0 radical (unpaired) electrons. The van der Waals surface area contributed by atoms with Gasteiger partial charge >= 0.3 is 0 Å². The first-order valence-electron chi connectivity index (χ1n) is 8.95. The minimum atomic E-state index is 0.146. The van der Waals surface area contributed by atoms with Gasteiger partial charge in [0.05, 0.1) is 13.2 Å². The Bertz CT molecular complexity index is 835. The third-order valence-electron chi connectivity index (χ3n) is 5.05. The van der Waals surface area contributed by atoms with Crippen LogP contribution in [0.4, 0.5) is 5.82 Å². The highest BCUT2D eigenvalue weighted by Crippen LogP contribution is 2.32. The third-order valence-corrected chi connectivity index (χ3v) is 5.05. The van der Waals surface area contributed by atoms with Crippen LogP contribution in [0.2, 0.25) is 0 Å². The molecule has 1 aromatic carbocycles. The zero-order valence-corrected chi connectivity index (χ0v) is 15.3. The van der Waals surface area contributed by atoms with E-state index in [4.69, 9.17) is 10.5 Å². The lowest BCUT2D eigenvalue weighted by atomic mass is 10.1. The number of hydrogen-bond acceptors (Lipinski definition) is 6. The predicted octanol–water partition coefficient (Wildman–Crippen LogP) is 2.24. The van der Waals surface area contributed by atoms with Crippen molar-refractivity contribution < 1.29 is 4.74 Å². The van der Waals surface area contributed by atoms with Crippen LogP contribution in [-0.4, -0.2) is 41.6 Å². The second-order valence-electron chi connectivity index (χ2n) is 6.87. The molecule has 2 aromatic rings. The average molecular weight is 351 g/mol. The summed E-state index contributed by atoms with van der Waals surface area (Å²) in [5.74, 6) is 1.55. The number of fused-ring (bicyclic) bond motifs is 1. The predicted molar refractivity (Wildman–Crippen MR) is 102 cm³/mol. The van der Waals surface area contributed by atoms with Crippen LogP contribution in [0, 0.1) is 6.92 Å². The van der Waals surface area contributed by atoms with Gasteiger partial charge < -0.3 is 15.5 Å². The average Bonchev–Trinajstić information content (AvgIpc) is 3.07. The number of nitrogens with two attached hydrogens (primary N) is 1. The Morgan fingerprint density at radius 2 is 2.08 bits per heavy atom. The van der Waals surface area contributed by atoms with Gasteiger partial charge in [-0.2, -0.15) is 0 Å². The van der Waals surface area contributed by atoms with E-state index in [0.717, 1.165) is 48.7 Å². The SMILES string of the molecule is COc1ccccc1C1C=C2CN(Cc3ccc(C)nc3N)CCN2N1. The van der Waals surface area contributed by atoms with Crippen LogP contribution < -0.4 is 15.9 Å². The standard InChI is InChI=1S/C20H25N5O/c1-14-7-8-15(20(21)22-14)12-24-9-10-25-16(13-24)11-18(23-25)17-5-3-4-6-19(17)26-2/h3-8,11,18,23H,9-10,12-13H2,1-2H3,(H2,21,22). The molecule has 4 rings (SSSR count). The number of benzene rings is 1. The fraction of sp³-hybridized carbons (Fsp3) is 0.350. The summed E-state index contributed by atoms with van der Waals surface area (Å²) in [6, 6.07) is 12.4. The van der Waals surface area contributed by atoms with Gasteiger partial charge in [-0.3, -0.25) is 4.90 Å². The summed E-state index contributed by atoms with van der Waals surface area (Å²) in [5.41, 5.74) is 14.2. The molecule has 1 atom stereocenters. The second kappa shape index (κ2) is 6.97. The number of aromatic nitrogens is 1. The number of nitrogen functional groups attached to an aromatic ring is 1. The Labute approximate surface area is 154 Å². The lowest BCUT2D eigenvalue weighted by Crippen LogP contribution is -2.47. The van der Waals surface area contributed by atoms with Crippen molar-refractivity contribution in [1.29, 1.82) is 0 Å². The quantitative estimate of drug-likeness (QED) is 0.881. The number of anilines is 1. The number of pyridine rings is 1. The largest absolute Gasteiger partial charge is 0.496 e. The van der Waals surface area contributed by atoms with E-state index >= 15 is 0 Å². The molecule has 1 unspecified atom stereocenters. The number of hydrogen-bond donors (Lipinski definition) is 2. The highest BCUT2D eigenvalue weighted by atomic mass is 16.5. The molecule has 26 heavy (non-hydrogen) atoms. The molecule has 1 saturated heterocycles. The molecule has 6 nitrogen and oxygen atoms in total. The lowest BCUT2D eigenvalue weighted by molar-refractivity contribution is 0.139. The highest BCUT2D eigenvalue weighted by molar-refractivity contribution is 5.41. The van der Waals surface area contributed by atoms with Crippen LogP contribution in [0.1, 0.15) is 22.9 Å². The summed E-state index contributed by atoms with van der Waals surface area (Å²) in [5, 5.41) is 2.25. The zero-order valence-electron chi connectivity index (χ0n) is 15.3. The second-order valence-corrected chi connectivity index (χ2v) is 6.87. The van der Waals surface area contributed by atoms with Gasteiger partial charge in [-0.15, -0.1) is 0 Å². The molecule has 2 aliphatic rings. The van der Waals surface area contributed by atoms with Gasteiger partial charge in [0.1, 0.15) is 11.6 Å². The molecule has 1 aromatic heterocycles. The van der Waals surface area contributed by atoms with E-state index in [2.05, 4.69) is 44.6 Å². The van der Waals surface area contributed by atoms with E-state index in [1.807, 2.05) is 25.1 Å². The summed E-state index contributed by atoms with van der Waals surface area (Å²) in [6.45, 7) is 5.61. The minimum Gasteiger partial charge on any atom is -0.496 e. The number of aryl methyl sites for hydroxylation is 1. The van der Waals surface area contributed by atoms with Crippen molar-refractivity contribution in [1.82, 2.24) is 20.3 Å². The normalized spacial score (nSPS) is 20.0. The zero-order chi connectivity index (χ0) is 18.1. The monoisotopic (exact) mass is 351 g/mol. The van der Waals surface area contributed by atoms with Crippen LogP contribution in [-0.2, 0) is 6.54 Å². The van der Waals surface area contributed by atoms with E-state index in [0.29, 0.717) is 5.82 Å². The van der Waals surface area contributed by atoms with Gasteiger partial charge in [0.2, 0.25) is 0 Å². The van der Waals surface area contributed by atoms with Gasteiger partial charge in [0, 0.05) is 48.7 Å². The number of methoxy groups -OCH3 is 1. The van der Waals surface area contributed by atoms with Crippen LogP contribution in [0.15, 0.2) is 48.2 Å². The van der Waals surface area contributed by atoms with Crippen molar-refractivity contribution in [2.75, 3.05) is 32.5 Å². The van der Waals surface area contributed by atoms with Crippen LogP contribution in [0.5, 0.6) is 5.75 Å². The highest BCUT2D eigenvalue weighted by Gasteiger charge is 2.30. The maximum atomic E-state index is 6.09. The number of nitrogens with one attached hydrogen (secondary N) is 1. The smallest absolute Gasteiger partial charge is 0.128 e. The van der Waals surface area contributed by atoms with Crippen molar-refractivity contribution in [2.45, 2.75) is 19.5 Å². The third kappa shape index (κ3) is 3.25. The van der Waals surface area contributed by atoms with E-state index in [-0.39, 0.29) is 6.04 Å². The number of para-hydroxylation sites is 1. The molecule has 3 heterocycles. The molecule has 0 saturated carbocycles. The Morgan fingerprint density at radius 1 is 1.23 bits per heavy atom. The van der Waals surface area contributed by atoms with E-state index < -0.39 is 0 Å². The van der Waals surface area contributed by atoms with Gasteiger partial charge in [-0.25, -0.2) is 10.4 Å². The van der Waals surface area contributed by atoms with Crippen LogP contribution in [0.25, 0.3) is 0 Å². The first kappa shape index (κ1) is 16.9. The molecule has 0 amide bonds. The van der Waals surface area contributed by atoms with Crippen molar-refractivity contribution >= 4 is 5.82 Å². The number of piperazine rings is 1. The maximum absolute atomic E-state index is 6.09. The molecule has 0 bridgehead atoms. The summed E-state index contributed by atoms with van der Waals surface area (Å²) in [6.07, 6.45) is 2.29. The first-order chi connectivity index (χ1) is 12.6. The molecule has 0 aliphatic carbocycles. The van der Waals surface area contributed by atoms with Crippen molar-refractivity contribution in [2.24, 2.45) is 0 Å². The van der Waals surface area contributed by atoms with Crippen LogP contribution >= 0.6 is 0 Å². The van der Waals surface area contributed by atoms with Crippen LogP contribution in [0.3, 0.4) is 0 Å². The Hall–Kier alpha value is -2.57. The van der Waals surface area contributed by atoms with Crippen molar-refractivity contribution in [3.63, 3.8) is 0 Å². The Morgan fingerprint density at radius 3 is 2.88 bits per heavy atom. The molecule has 136 valence electrons. The summed E-state index contributed by atoms with van der Waals surface area (Å²) >= 11 is 0. The van der Waals surface area contributed by atoms with Gasteiger partial charge in [-0.05, 0) is 25.1 Å². The van der Waals surface area contributed by atoms with Gasteiger partial charge in [-0.1, -0.05) is 24.3 Å². The number of nitrogens with zero attached hydrogens (tertiary/aromatic N) is 3. The molecule has 1 fully saturated rings. The Kier molecular flexibility index (Phi) is 4.53. The van der Waals surface area contributed by atoms with Gasteiger partial charge in [0.25, 0.3) is 0 Å². The molecular weight excluding hydrogens is 326 g/mol. The maximum Gasteiger partial charge on any atom is 0.128 e. The molecule has 3 N–H and O–H groups in total.